The highest BCUT2D eigenvalue weighted by Gasteiger charge is 2.34. The maximum atomic E-state index is 15.0. The molecule has 0 bridgehead atoms. The summed E-state index contributed by atoms with van der Waals surface area (Å²) in [7, 11) is -9.14. The Hall–Kier alpha value is -2.53. The molecule has 2 N–H and O–H groups in total. The molecule has 11 heteroatoms. The van der Waals surface area contributed by atoms with E-state index in [1.807, 2.05) is 0 Å². The first-order chi connectivity index (χ1) is 11.9. The van der Waals surface area contributed by atoms with Crippen molar-refractivity contribution >= 4 is 31.6 Å². The highest BCUT2D eigenvalue weighted by Crippen LogP contribution is 2.35. The summed E-state index contributed by atoms with van der Waals surface area (Å²) in [6, 6.07) is 7.18. The molecular formula is C15H14F2N2O5S2. The predicted octanol–water partition coefficient (Wildman–Crippen LogP) is 1.46. The lowest BCUT2D eigenvalue weighted by molar-refractivity contribution is 0.100. The maximum absolute atomic E-state index is 15.0. The maximum Gasteiger partial charge on any atom is 0.249 e. The van der Waals surface area contributed by atoms with E-state index in [0.717, 1.165) is 6.07 Å². The van der Waals surface area contributed by atoms with Crippen molar-refractivity contribution in [2.24, 2.45) is 5.73 Å². The largest absolute Gasteiger partial charge is 0.366 e. The lowest BCUT2D eigenvalue weighted by atomic mass is 9.98. The molecule has 0 aliphatic heterocycles. The van der Waals surface area contributed by atoms with Crippen LogP contribution in [0.25, 0.3) is 11.1 Å². The lowest BCUT2D eigenvalue weighted by Crippen LogP contribution is -2.36. The van der Waals surface area contributed by atoms with Gasteiger partial charge < -0.3 is 5.73 Å². The number of carbonyl (C=O) groups excluding carboxylic acids is 1. The Morgan fingerprint density at radius 1 is 0.923 bits per heavy atom. The van der Waals surface area contributed by atoms with E-state index >= 15 is 4.39 Å². The Morgan fingerprint density at radius 2 is 1.46 bits per heavy atom. The number of amides is 1. The summed E-state index contributed by atoms with van der Waals surface area (Å²) in [6.45, 7) is 0. The van der Waals surface area contributed by atoms with Gasteiger partial charge in [0, 0.05) is 11.1 Å². The van der Waals surface area contributed by atoms with Gasteiger partial charge in [0.25, 0.3) is 0 Å². The zero-order valence-corrected chi connectivity index (χ0v) is 15.2. The van der Waals surface area contributed by atoms with Crippen LogP contribution in [0.15, 0.2) is 36.4 Å². The zero-order valence-electron chi connectivity index (χ0n) is 13.6. The molecule has 0 radical (unpaired) electrons. The van der Waals surface area contributed by atoms with Gasteiger partial charge in [0.05, 0.1) is 12.5 Å². The van der Waals surface area contributed by atoms with E-state index < -0.39 is 43.3 Å². The standard InChI is InChI=1S/C15H14F2N2O5S2/c1-25(21,22)19(26(2,23)24)14-12(16)8-7-10(13(14)17)9-5-3-4-6-11(9)15(18)20/h3-8H,1-2H3,(H2,18,20). The number of sulfonamides is 2. The summed E-state index contributed by atoms with van der Waals surface area (Å²) in [6.07, 6.45) is 0.994. The minimum Gasteiger partial charge on any atom is -0.366 e. The summed E-state index contributed by atoms with van der Waals surface area (Å²) in [5.41, 5.74) is 3.42. The molecule has 7 nitrogen and oxygen atoms in total. The number of hydrogen-bond donors (Lipinski definition) is 1. The summed E-state index contributed by atoms with van der Waals surface area (Å²) in [5, 5.41) is 0. The summed E-state index contributed by atoms with van der Waals surface area (Å²) in [5.74, 6) is -3.76. The van der Waals surface area contributed by atoms with Crippen LogP contribution in [-0.2, 0) is 20.0 Å². The van der Waals surface area contributed by atoms with Gasteiger partial charge in [-0.15, -0.1) is 0 Å². The highest BCUT2D eigenvalue weighted by molar-refractivity contribution is 8.09. The van der Waals surface area contributed by atoms with Gasteiger partial charge in [-0.3, -0.25) is 4.79 Å². The van der Waals surface area contributed by atoms with Crippen molar-refractivity contribution in [2.75, 3.05) is 16.2 Å². The van der Waals surface area contributed by atoms with E-state index in [1.165, 1.54) is 24.3 Å². The van der Waals surface area contributed by atoms with Crippen LogP contribution in [-0.4, -0.2) is 35.3 Å². The molecule has 2 aromatic carbocycles. The number of benzene rings is 2. The van der Waals surface area contributed by atoms with Crippen molar-refractivity contribution in [1.82, 2.24) is 0 Å². The molecule has 0 aliphatic rings. The van der Waals surface area contributed by atoms with E-state index in [1.54, 1.807) is 0 Å². The van der Waals surface area contributed by atoms with Gasteiger partial charge in [-0.05, 0) is 23.8 Å². The molecule has 0 fully saturated rings. The molecule has 0 unspecified atom stereocenters. The predicted molar refractivity (Wildman–Crippen MR) is 92.5 cm³/mol. The number of rotatable bonds is 5. The van der Waals surface area contributed by atoms with Gasteiger partial charge >= 0.3 is 0 Å². The normalized spacial score (nSPS) is 12.0. The van der Waals surface area contributed by atoms with Gasteiger partial charge in [-0.25, -0.2) is 25.6 Å². The average Bonchev–Trinajstić information content (AvgIpc) is 2.49. The third kappa shape index (κ3) is 3.68. The van der Waals surface area contributed by atoms with Crippen molar-refractivity contribution in [3.8, 4) is 11.1 Å². The number of anilines is 1. The molecule has 0 spiro atoms. The minimum atomic E-state index is -4.57. The number of halogens is 2. The quantitative estimate of drug-likeness (QED) is 0.810. The Kier molecular flexibility index (Phi) is 5.06. The summed E-state index contributed by atoms with van der Waals surface area (Å²) >= 11 is 0. The molecule has 26 heavy (non-hydrogen) atoms. The van der Waals surface area contributed by atoms with Crippen molar-refractivity contribution < 1.29 is 30.4 Å². The molecule has 0 atom stereocenters. The van der Waals surface area contributed by atoms with Crippen LogP contribution in [0.1, 0.15) is 10.4 Å². The second-order valence-corrected chi connectivity index (χ2v) is 9.28. The number of primary amides is 1. The van der Waals surface area contributed by atoms with E-state index in [9.17, 15) is 26.0 Å². The zero-order chi connectivity index (χ0) is 19.9. The fraction of sp³-hybridized carbons (Fsp3) is 0.133. The first-order valence-corrected chi connectivity index (χ1v) is 10.6. The molecule has 0 aromatic heterocycles. The molecule has 140 valence electrons. The Morgan fingerprint density at radius 3 is 1.96 bits per heavy atom. The average molecular weight is 404 g/mol. The molecule has 0 saturated carbocycles. The Labute approximate surface area is 149 Å². The number of hydrogen-bond acceptors (Lipinski definition) is 5. The van der Waals surface area contributed by atoms with Crippen LogP contribution < -0.4 is 9.44 Å². The van der Waals surface area contributed by atoms with Crippen LogP contribution >= 0.6 is 0 Å². The molecule has 2 aromatic rings. The van der Waals surface area contributed by atoms with Gasteiger partial charge in [-0.1, -0.05) is 18.2 Å². The van der Waals surface area contributed by atoms with Crippen molar-refractivity contribution in [3.63, 3.8) is 0 Å². The second kappa shape index (κ2) is 6.65. The third-order valence-electron chi connectivity index (χ3n) is 3.33. The number of nitrogens with zero attached hydrogens (tertiary/aromatic N) is 1. The molecule has 0 saturated heterocycles. The number of nitrogens with two attached hydrogens (primary N) is 1. The summed E-state index contributed by atoms with van der Waals surface area (Å²) < 4.78 is 76.3. The highest BCUT2D eigenvalue weighted by atomic mass is 32.3. The van der Waals surface area contributed by atoms with E-state index in [0.29, 0.717) is 18.6 Å². The molecule has 0 heterocycles. The topological polar surface area (TPSA) is 115 Å². The van der Waals surface area contributed by atoms with Gasteiger partial charge in [0.15, 0.2) is 11.6 Å². The second-order valence-electron chi connectivity index (χ2n) is 5.39. The molecule has 1 amide bonds. The fourth-order valence-corrected chi connectivity index (χ4v) is 5.39. The monoisotopic (exact) mass is 404 g/mol. The summed E-state index contributed by atoms with van der Waals surface area (Å²) in [4.78, 5) is 11.5. The van der Waals surface area contributed by atoms with Crippen molar-refractivity contribution in [2.45, 2.75) is 0 Å². The van der Waals surface area contributed by atoms with Crippen molar-refractivity contribution in [3.05, 3.63) is 53.6 Å². The van der Waals surface area contributed by atoms with Crippen LogP contribution in [0.5, 0.6) is 0 Å². The fourth-order valence-electron chi connectivity index (χ4n) is 2.43. The van der Waals surface area contributed by atoms with Crippen LogP contribution in [0, 0.1) is 11.6 Å². The molecular weight excluding hydrogens is 390 g/mol. The van der Waals surface area contributed by atoms with Crippen molar-refractivity contribution in [1.29, 1.82) is 0 Å². The lowest BCUT2D eigenvalue weighted by Gasteiger charge is -2.22. The van der Waals surface area contributed by atoms with E-state index in [-0.39, 0.29) is 20.4 Å². The van der Waals surface area contributed by atoms with E-state index in [2.05, 4.69) is 0 Å². The molecule has 2 rings (SSSR count). The van der Waals surface area contributed by atoms with Crippen LogP contribution in [0.3, 0.4) is 0 Å². The molecule has 0 aliphatic carbocycles. The Bertz CT molecular complexity index is 1070. The van der Waals surface area contributed by atoms with Gasteiger partial charge in [-0.2, -0.15) is 3.71 Å². The third-order valence-corrected chi connectivity index (χ3v) is 6.53. The SMILES string of the molecule is CS(=O)(=O)N(c1c(F)ccc(-c2ccccc2C(N)=O)c1F)S(C)(=O)=O. The van der Waals surface area contributed by atoms with Gasteiger partial charge in [0.1, 0.15) is 5.69 Å². The Balaban J connectivity index is 2.90. The van der Waals surface area contributed by atoms with E-state index in [4.69, 9.17) is 5.73 Å². The first kappa shape index (κ1) is 19.8. The van der Waals surface area contributed by atoms with Crippen LogP contribution in [0.2, 0.25) is 0 Å². The van der Waals surface area contributed by atoms with Crippen LogP contribution in [0.4, 0.5) is 14.5 Å². The smallest absolute Gasteiger partial charge is 0.249 e. The minimum absolute atomic E-state index is 0.0410. The number of carbonyl (C=O) groups is 1. The first-order valence-electron chi connectivity index (χ1n) is 6.93. The van der Waals surface area contributed by atoms with Gasteiger partial charge in [0.2, 0.25) is 26.0 Å².